The van der Waals surface area contributed by atoms with E-state index in [1.165, 1.54) is 12.2 Å². The summed E-state index contributed by atoms with van der Waals surface area (Å²) in [6.07, 6.45) is 6.61. The highest BCUT2D eigenvalue weighted by atomic mass is 16.2. The lowest BCUT2D eigenvalue weighted by Gasteiger charge is -2.13. The van der Waals surface area contributed by atoms with E-state index in [9.17, 15) is 14.4 Å². The van der Waals surface area contributed by atoms with E-state index in [1.54, 1.807) is 0 Å². The van der Waals surface area contributed by atoms with Gasteiger partial charge in [0.25, 0.3) is 11.8 Å². The molecule has 1 aliphatic heterocycles. The zero-order valence-electron chi connectivity index (χ0n) is 10.8. The molecule has 0 aliphatic carbocycles. The molecular weight excluding hydrogens is 232 g/mol. The van der Waals surface area contributed by atoms with Crippen molar-refractivity contribution in [1.82, 2.24) is 10.2 Å². The van der Waals surface area contributed by atoms with Crippen molar-refractivity contribution in [1.29, 1.82) is 0 Å². The van der Waals surface area contributed by atoms with Gasteiger partial charge in [-0.3, -0.25) is 19.3 Å². The maximum absolute atomic E-state index is 11.4. The summed E-state index contributed by atoms with van der Waals surface area (Å²) >= 11 is 0. The molecule has 5 nitrogen and oxygen atoms in total. The molecule has 18 heavy (non-hydrogen) atoms. The lowest BCUT2D eigenvalue weighted by Crippen LogP contribution is -2.32. The monoisotopic (exact) mass is 252 g/mol. The Kier molecular flexibility index (Phi) is 6.11. The van der Waals surface area contributed by atoms with Gasteiger partial charge in [-0.2, -0.15) is 0 Å². The number of carbonyl (C=O) groups is 3. The Morgan fingerprint density at radius 3 is 2.44 bits per heavy atom. The molecule has 0 saturated carbocycles. The Morgan fingerprint density at radius 1 is 1.17 bits per heavy atom. The highest BCUT2D eigenvalue weighted by Gasteiger charge is 2.22. The summed E-state index contributed by atoms with van der Waals surface area (Å²) in [6, 6.07) is 0. The number of rotatable bonds is 8. The molecule has 1 N–H and O–H groups in total. The van der Waals surface area contributed by atoms with Gasteiger partial charge in [-0.1, -0.05) is 19.8 Å². The topological polar surface area (TPSA) is 66.5 Å². The summed E-state index contributed by atoms with van der Waals surface area (Å²) in [6.45, 7) is 3.13. The van der Waals surface area contributed by atoms with E-state index in [2.05, 4.69) is 12.2 Å². The van der Waals surface area contributed by atoms with Crippen LogP contribution in [0.4, 0.5) is 0 Å². The number of hydrogen-bond donors (Lipinski definition) is 1. The molecule has 3 amide bonds. The van der Waals surface area contributed by atoms with Crippen molar-refractivity contribution in [3.63, 3.8) is 0 Å². The minimum absolute atomic E-state index is 0.0156. The van der Waals surface area contributed by atoms with E-state index >= 15 is 0 Å². The van der Waals surface area contributed by atoms with Crippen molar-refractivity contribution in [2.24, 2.45) is 0 Å². The summed E-state index contributed by atoms with van der Waals surface area (Å²) < 4.78 is 0. The molecule has 0 unspecified atom stereocenters. The smallest absolute Gasteiger partial charge is 0.253 e. The predicted molar refractivity (Wildman–Crippen MR) is 67.6 cm³/mol. The van der Waals surface area contributed by atoms with Gasteiger partial charge in [0, 0.05) is 31.7 Å². The molecule has 0 spiro atoms. The minimum atomic E-state index is -0.289. The number of unbranched alkanes of at least 4 members (excludes halogenated alkanes) is 2. The van der Waals surface area contributed by atoms with E-state index in [0.717, 1.165) is 24.2 Å². The summed E-state index contributed by atoms with van der Waals surface area (Å²) in [5.74, 6) is -0.593. The van der Waals surface area contributed by atoms with Crippen LogP contribution in [0.25, 0.3) is 0 Å². The second-order valence-electron chi connectivity index (χ2n) is 4.32. The molecule has 1 aliphatic rings. The number of imide groups is 1. The molecule has 0 aromatic heterocycles. The fourth-order valence-corrected chi connectivity index (χ4v) is 1.74. The van der Waals surface area contributed by atoms with Crippen LogP contribution in [0, 0.1) is 0 Å². The molecule has 0 atom stereocenters. The molecular formula is C13H20N2O3. The quantitative estimate of drug-likeness (QED) is 0.517. The lowest BCUT2D eigenvalue weighted by molar-refractivity contribution is -0.137. The number of carbonyl (C=O) groups excluding carboxylic acids is 3. The van der Waals surface area contributed by atoms with Gasteiger partial charge < -0.3 is 5.32 Å². The largest absolute Gasteiger partial charge is 0.356 e. The number of nitrogens with zero attached hydrogens (tertiary/aromatic N) is 1. The van der Waals surface area contributed by atoms with Crippen LogP contribution < -0.4 is 5.32 Å². The van der Waals surface area contributed by atoms with Crippen LogP contribution in [0.15, 0.2) is 12.2 Å². The summed E-state index contributed by atoms with van der Waals surface area (Å²) in [4.78, 5) is 35.0. The van der Waals surface area contributed by atoms with Crippen LogP contribution >= 0.6 is 0 Å². The fraction of sp³-hybridized carbons (Fsp3) is 0.615. The Balaban J connectivity index is 2.09. The maximum atomic E-state index is 11.4. The Morgan fingerprint density at radius 2 is 1.83 bits per heavy atom. The van der Waals surface area contributed by atoms with Crippen LogP contribution in [0.1, 0.15) is 39.0 Å². The van der Waals surface area contributed by atoms with Crippen LogP contribution in [0.3, 0.4) is 0 Å². The first-order valence-corrected chi connectivity index (χ1v) is 6.45. The summed E-state index contributed by atoms with van der Waals surface area (Å²) in [7, 11) is 0. The van der Waals surface area contributed by atoms with E-state index in [4.69, 9.17) is 0 Å². The van der Waals surface area contributed by atoms with Crippen molar-refractivity contribution >= 4 is 17.7 Å². The zero-order chi connectivity index (χ0) is 13.4. The SMILES string of the molecule is CCCCCNC(=O)CCCN1C(=O)C=CC1=O. The normalized spacial score (nSPS) is 14.4. The van der Waals surface area contributed by atoms with Gasteiger partial charge in [0.05, 0.1) is 0 Å². The molecule has 1 heterocycles. The van der Waals surface area contributed by atoms with Crippen molar-refractivity contribution in [2.75, 3.05) is 13.1 Å². The van der Waals surface area contributed by atoms with Gasteiger partial charge in [0.15, 0.2) is 0 Å². The third-order valence-electron chi connectivity index (χ3n) is 2.79. The highest BCUT2D eigenvalue weighted by molar-refractivity contribution is 6.12. The van der Waals surface area contributed by atoms with Crippen LogP contribution in [0.5, 0.6) is 0 Å². The zero-order valence-corrected chi connectivity index (χ0v) is 10.8. The Labute approximate surface area is 107 Å². The Bertz CT molecular complexity index is 332. The molecule has 0 aromatic carbocycles. The molecule has 5 heteroatoms. The predicted octanol–water partition coefficient (Wildman–Crippen LogP) is 0.998. The van der Waals surface area contributed by atoms with Crippen LogP contribution in [-0.2, 0) is 14.4 Å². The number of amides is 3. The van der Waals surface area contributed by atoms with E-state index < -0.39 is 0 Å². The number of nitrogens with one attached hydrogen (secondary N) is 1. The third kappa shape index (κ3) is 4.69. The third-order valence-corrected chi connectivity index (χ3v) is 2.79. The first-order valence-electron chi connectivity index (χ1n) is 6.45. The second-order valence-corrected chi connectivity index (χ2v) is 4.32. The molecule has 0 aromatic rings. The van der Waals surface area contributed by atoms with Gasteiger partial charge in [0.2, 0.25) is 5.91 Å². The molecule has 0 bridgehead atoms. The molecule has 0 saturated heterocycles. The van der Waals surface area contributed by atoms with Crippen molar-refractivity contribution in [3.05, 3.63) is 12.2 Å². The van der Waals surface area contributed by atoms with E-state index in [0.29, 0.717) is 25.9 Å². The van der Waals surface area contributed by atoms with Gasteiger partial charge in [-0.25, -0.2) is 0 Å². The summed E-state index contributed by atoms with van der Waals surface area (Å²) in [5, 5.41) is 2.82. The maximum Gasteiger partial charge on any atom is 0.253 e. The van der Waals surface area contributed by atoms with Crippen molar-refractivity contribution in [2.45, 2.75) is 39.0 Å². The van der Waals surface area contributed by atoms with E-state index in [1.807, 2.05) is 0 Å². The molecule has 0 fully saturated rings. The van der Waals surface area contributed by atoms with Gasteiger partial charge >= 0.3 is 0 Å². The molecule has 1 rings (SSSR count). The molecule has 100 valence electrons. The van der Waals surface area contributed by atoms with Gasteiger partial charge in [-0.15, -0.1) is 0 Å². The minimum Gasteiger partial charge on any atom is -0.356 e. The van der Waals surface area contributed by atoms with Crippen LogP contribution in [0.2, 0.25) is 0 Å². The first kappa shape index (κ1) is 14.4. The average molecular weight is 252 g/mol. The molecule has 0 radical (unpaired) electrons. The van der Waals surface area contributed by atoms with Crippen molar-refractivity contribution < 1.29 is 14.4 Å². The second kappa shape index (κ2) is 7.63. The first-order chi connectivity index (χ1) is 8.65. The Hall–Kier alpha value is -1.65. The standard InChI is InChI=1S/C13H20N2O3/c1-2-3-4-9-14-11(16)6-5-10-15-12(17)7-8-13(15)18/h7-8H,2-6,9-10H2,1H3,(H,14,16). The number of hydrogen-bond acceptors (Lipinski definition) is 3. The lowest BCUT2D eigenvalue weighted by atomic mass is 10.2. The highest BCUT2D eigenvalue weighted by Crippen LogP contribution is 2.05. The average Bonchev–Trinajstić information content (AvgIpc) is 2.66. The van der Waals surface area contributed by atoms with Gasteiger partial charge in [-0.05, 0) is 12.8 Å². The fourth-order valence-electron chi connectivity index (χ4n) is 1.74. The van der Waals surface area contributed by atoms with Crippen LogP contribution in [-0.4, -0.2) is 35.7 Å². The summed E-state index contributed by atoms with van der Waals surface area (Å²) in [5.41, 5.74) is 0. The van der Waals surface area contributed by atoms with Crippen molar-refractivity contribution in [3.8, 4) is 0 Å². The van der Waals surface area contributed by atoms with E-state index in [-0.39, 0.29) is 17.7 Å². The van der Waals surface area contributed by atoms with Gasteiger partial charge in [0.1, 0.15) is 0 Å².